The molecule has 0 aromatic heterocycles. The standard InChI is InChI=1S/C14H21N3O/c1-10-7-11(8-16-2)3-4-13(10)17-6-5-12(9-17)14(15)18/h3-4,7,12,16H,5-6,8-9H2,1-2H3,(H2,15,18). The lowest BCUT2D eigenvalue weighted by molar-refractivity contribution is -0.121. The van der Waals surface area contributed by atoms with Gasteiger partial charge in [-0.1, -0.05) is 12.1 Å². The second-order valence-corrected chi connectivity index (χ2v) is 4.99. The zero-order chi connectivity index (χ0) is 13.1. The molecule has 0 saturated carbocycles. The van der Waals surface area contributed by atoms with Crippen molar-refractivity contribution in [1.29, 1.82) is 0 Å². The van der Waals surface area contributed by atoms with Gasteiger partial charge in [-0.25, -0.2) is 0 Å². The summed E-state index contributed by atoms with van der Waals surface area (Å²) in [6.45, 7) is 4.67. The van der Waals surface area contributed by atoms with E-state index in [1.54, 1.807) is 0 Å². The fourth-order valence-corrected chi connectivity index (χ4v) is 2.60. The van der Waals surface area contributed by atoms with E-state index in [4.69, 9.17) is 5.73 Å². The Morgan fingerprint density at radius 2 is 2.33 bits per heavy atom. The van der Waals surface area contributed by atoms with E-state index in [1.165, 1.54) is 16.8 Å². The first-order valence-corrected chi connectivity index (χ1v) is 6.40. The molecule has 0 spiro atoms. The van der Waals surface area contributed by atoms with Crippen molar-refractivity contribution in [2.75, 3.05) is 25.0 Å². The van der Waals surface area contributed by atoms with Gasteiger partial charge in [-0.3, -0.25) is 4.79 Å². The van der Waals surface area contributed by atoms with E-state index in [0.717, 1.165) is 26.1 Å². The maximum Gasteiger partial charge on any atom is 0.222 e. The molecule has 18 heavy (non-hydrogen) atoms. The van der Waals surface area contributed by atoms with Crippen LogP contribution < -0.4 is 16.0 Å². The number of carbonyl (C=O) groups excluding carboxylic acids is 1. The predicted molar refractivity (Wildman–Crippen MR) is 73.5 cm³/mol. The topological polar surface area (TPSA) is 58.4 Å². The van der Waals surface area contributed by atoms with Crippen LogP contribution in [0.4, 0.5) is 5.69 Å². The lowest BCUT2D eigenvalue weighted by atomic mass is 10.1. The molecule has 1 aromatic carbocycles. The summed E-state index contributed by atoms with van der Waals surface area (Å²) in [6, 6.07) is 6.48. The number of aryl methyl sites for hydroxylation is 1. The molecule has 4 nitrogen and oxygen atoms in total. The zero-order valence-electron chi connectivity index (χ0n) is 11.1. The molecule has 1 saturated heterocycles. The third kappa shape index (κ3) is 2.64. The molecule has 1 atom stereocenters. The normalized spacial score (nSPS) is 19.2. The van der Waals surface area contributed by atoms with Gasteiger partial charge in [-0.05, 0) is 37.6 Å². The third-order valence-corrected chi connectivity index (χ3v) is 3.57. The number of nitrogens with one attached hydrogen (secondary N) is 1. The molecule has 1 heterocycles. The fourth-order valence-electron chi connectivity index (χ4n) is 2.60. The quantitative estimate of drug-likeness (QED) is 0.835. The predicted octanol–water partition coefficient (Wildman–Crippen LogP) is 1.03. The number of nitrogens with two attached hydrogens (primary N) is 1. The Bertz CT molecular complexity index is 445. The van der Waals surface area contributed by atoms with Crippen molar-refractivity contribution in [2.24, 2.45) is 11.7 Å². The molecule has 3 N–H and O–H groups in total. The van der Waals surface area contributed by atoms with Crippen LogP contribution in [0.1, 0.15) is 17.5 Å². The van der Waals surface area contributed by atoms with E-state index in [1.807, 2.05) is 7.05 Å². The largest absolute Gasteiger partial charge is 0.370 e. The van der Waals surface area contributed by atoms with E-state index in [-0.39, 0.29) is 11.8 Å². The summed E-state index contributed by atoms with van der Waals surface area (Å²) < 4.78 is 0. The van der Waals surface area contributed by atoms with E-state index in [2.05, 4.69) is 35.3 Å². The van der Waals surface area contributed by atoms with Crippen molar-refractivity contribution in [3.05, 3.63) is 29.3 Å². The van der Waals surface area contributed by atoms with Crippen molar-refractivity contribution in [3.63, 3.8) is 0 Å². The maximum absolute atomic E-state index is 11.2. The number of anilines is 1. The highest BCUT2D eigenvalue weighted by molar-refractivity contribution is 5.78. The number of carbonyl (C=O) groups is 1. The van der Waals surface area contributed by atoms with Crippen LogP contribution in [0.2, 0.25) is 0 Å². The number of primary amides is 1. The fraction of sp³-hybridized carbons (Fsp3) is 0.500. The minimum Gasteiger partial charge on any atom is -0.370 e. The van der Waals surface area contributed by atoms with Gasteiger partial charge < -0.3 is 16.0 Å². The molecule has 0 radical (unpaired) electrons. The molecule has 1 unspecified atom stereocenters. The number of rotatable bonds is 4. The smallest absolute Gasteiger partial charge is 0.222 e. The van der Waals surface area contributed by atoms with Crippen molar-refractivity contribution in [2.45, 2.75) is 19.9 Å². The summed E-state index contributed by atoms with van der Waals surface area (Å²) >= 11 is 0. The van der Waals surface area contributed by atoms with Gasteiger partial charge in [0, 0.05) is 25.3 Å². The molecule has 1 aliphatic rings. The molecule has 1 fully saturated rings. The maximum atomic E-state index is 11.2. The first kappa shape index (κ1) is 12.9. The molecular formula is C14H21N3O. The lowest BCUT2D eigenvalue weighted by Gasteiger charge is -2.21. The van der Waals surface area contributed by atoms with E-state index in [9.17, 15) is 4.79 Å². The Kier molecular flexibility index (Phi) is 3.87. The van der Waals surface area contributed by atoms with Crippen LogP contribution >= 0.6 is 0 Å². The van der Waals surface area contributed by atoms with Gasteiger partial charge in [0.05, 0.1) is 5.92 Å². The van der Waals surface area contributed by atoms with Crippen molar-refractivity contribution >= 4 is 11.6 Å². The highest BCUT2D eigenvalue weighted by Gasteiger charge is 2.27. The van der Waals surface area contributed by atoms with Gasteiger partial charge in [0.2, 0.25) is 5.91 Å². The Hall–Kier alpha value is -1.55. The molecular weight excluding hydrogens is 226 g/mol. The number of nitrogens with zero attached hydrogens (tertiary/aromatic N) is 1. The molecule has 0 bridgehead atoms. The molecule has 1 amide bonds. The average Bonchev–Trinajstić information content (AvgIpc) is 2.79. The molecule has 4 heteroatoms. The second kappa shape index (κ2) is 5.40. The van der Waals surface area contributed by atoms with Crippen LogP contribution in [0.15, 0.2) is 18.2 Å². The highest BCUT2D eigenvalue weighted by atomic mass is 16.1. The van der Waals surface area contributed by atoms with Gasteiger partial charge in [0.1, 0.15) is 0 Å². The van der Waals surface area contributed by atoms with E-state index < -0.39 is 0 Å². The highest BCUT2D eigenvalue weighted by Crippen LogP contribution is 2.27. The number of amides is 1. The van der Waals surface area contributed by atoms with Gasteiger partial charge in [-0.2, -0.15) is 0 Å². The van der Waals surface area contributed by atoms with Crippen LogP contribution in [0.5, 0.6) is 0 Å². The number of hydrogen-bond acceptors (Lipinski definition) is 3. The SMILES string of the molecule is CNCc1ccc(N2CCC(C(N)=O)C2)c(C)c1. The Balaban J connectivity index is 2.12. The van der Waals surface area contributed by atoms with Crippen LogP contribution in [0.3, 0.4) is 0 Å². The second-order valence-electron chi connectivity index (χ2n) is 4.99. The van der Waals surface area contributed by atoms with E-state index >= 15 is 0 Å². The molecule has 1 aromatic rings. The van der Waals surface area contributed by atoms with Crippen LogP contribution in [-0.4, -0.2) is 26.0 Å². The summed E-state index contributed by atoms with van der Waals surface area (Å²) in [4.78, 5) is 13.4. The Morgan fingerprint density at radius 3 is 2.89 bits per heavy atom. The van der Waals surface area contributed by atoms with Crippen LogP contribution in [0.25, 0.3) is 0 Å². The molecule has 2 rings (SSSR count). The van der Waals surface area contributed by atoms with Crippen LogP contribution in [-0.2, 0) is 11.3 Å². The van der Waals surface area contributed by atoms with Gasteiger partial charge >= 0.3 is 0 Å². The monoisotopic (exact) mass is 247 g/mol. The summed E-state index contributed by atoms with van der Waals surface area (Å²) in [7, 11) is 1.95. The summed E-state index contributed by atoms with van der Waals surface area (Å²) in [5.41, 5.74) is 9.13. The van der Waals surface area contributed by atoms with E-state index in [0.29, 0.717) is 0 Å². The van der Waals surface area contributed by atoms with Gasteiger partial charge in [-0.15, -0.1) is 0 Å². The first-order valence-electron chi connectivity index (χ1n) is 6.40. The molecule has 98 valence electrons. The zero-order valence-corrected chi connectivity index (χ0v) is 11.1. The Morgan fingerprint density at radius 1 is 1.56 bits per heavy atom. The molecule has 0 aliphatic carbocycles. The van der Waals surface area contributed by atoms with Crippen molar-refractivity contribution < 1.29 is 4.79 Å². The lowest BCUT2D eigenvalue weighted by Crippen LogP contribution is -2.27. The summed E-state index contributed by atoms with van der Waals surface area (Å²) in [6.07, 6.45) is 0.868. The molecule has 1 aliphatic heterocycles. The van der Waals surface area contributed by atoms with Crippen LogP contribution in [0, 0.1) is 12.8 Å². The minimum atomic E-state index is -0.179. The van der Waals surface area contributed by atoms with Crippen molar-refractivity contribution in [3.8, 4) is 0 Å². The average molecular weight is 247 g/mol. The van der Waals surface area contributed by atoms with Gasteiger partial charge in [0.25, 0.3) is 0 Å². The number of hydrogen-bond donors (Lipinski definition) is 2. The summed E-state index contributed by atoms with van der Waals surface area (Å²) in [5, 5.41) is 3.15. The first-order chi connectivity index (χ1) is 8.61. The summed E-state index contributed by atoms with van der Waals surface area (Å²) in [5.74, 6) is -0.177. The minimum absolute atomic E-state index is 0.00128. The van der Waals surface area contributed by atoms with Crippen molar-refractivity contribution in [1.82, 2.24) is 5.32 Å². The number of benzene rings is 1. The Labute approximate surface area is 108 Å². The van der Waals surface area contributed by atoms with Gasteiger partial charge in [0.15, 0.2) is 0 Å². The third-order valence-electron chi connectivity index (χ3n) is 3.57.